The molecule has 0 saturated heterocycles. The molecule has 3 rings (SSSR count). The number of ether oxygens (including phenoxy) is 2. The summed E-state index contributed by atoms with van der Waals surface area (Å²) < 4.78 is 15.7. The molecule has 3 aromatic rings. The number of carbonyl (C=O) groups excluding carboxylic acids is 1. The highest BCUT2D eigenvalue weighted by Crippen LogP contribution is 2.31. The Bertz CT molecular complexity index is 926. The predicted molar refractivity (Wildman–Crippen MR) is 95.5 cm³/mol. The zero-order valence-corrected chi connectivity index (χ0v) is 14.9. The summed E-state index contributed by atoms with van der Waals surface area (Å²) in [6.45, 7) is 0.103. The summed E-state index contributed by atoms with van der Waals surface area (Å²) in [5.41, 5.74) is 1.16. The molecule has 0 atom stereocenters. The number of halogens is 1. The molecule has 0 aliphatic carbocycles. The van der Waals surface area contributed by atoms with Crippen molar-refractivity contribution in [2.24, 2.45) is 0 Å². The van der Waals surface area contributed by atoms with Crippen LogP contribution in [0.25, 0.3) is 11.4 Å². The van der Waals surface area contributed by atoms with E-state index in [9.17, 15) is 4.79 Å². The van der Waals surface area contributed by atoms with Gasteiger partial charge >= 0.3 is 0 Å². The molecule has 8 heteroatoms. The van der Waals surface area contributed by atoms with E-state index >= 15 is 0 Å². The molecular weight excluding hydrogens is 358 g/mol. The second kappa shape index (κ2) is 7.88. The highest BCUT2D eigenvalue weighted by Gasteiger charge is 2.13. The minimum absolute atomic E-state index is 0.103. The number of benzene rings is 2. The third-order valence-corrected chi connectivity index (χ3v) is 3.83. The summed E-state index contributed by atoms with van der Waals surface area (Å²) >= 11 is 5.88. The van der Waals surface area contributed by atoms with Crippen LogP contribution in [0.15, 0.2) is 47.0 Å². The van der Waals surface area contributed by atoms with Gasteiger partial charge in [0, 0.05) is 16.1 Å². The normalized spacial score (nSPS) is 10.4. The summed E-state index contributed by atoms with van der Waals surface area (Å²) in [6, 6.07) is 12.0. The van der Waals surface area contributed by atoms with E-state index in [1.54, 1.807) is 56.7 Å². The molecule has 26 heavy (non-hydrogen) atoms. The zero-order valence-electron chi connectivity index (χ0n) is 14.2. The van der Waals surface area contributed by atoms with Gasteiger partial charge in [-0.2, -0.15) is 4.98 Å². The van der Waals surface area contributed by atoms with Crippen molar-refractivity contribution in [3.05, 3.63) is 58.9 Å². The van der Waals surface area contributed by atoms with Crippen molar-refractivity contribution < 1.29 is 18.8 Å². The molecule has 134 valence electrons. The molecule has 7 nitrogen and oxygen atoms in total. The lowest BCUT2D eigenvalue weighted by Gasteiger charge is -2.07. The van der Waals surface area contributed by atoms with Crippen LogP contribution in [0.2, 0.25) is 5.02 Å². The molecule has 2 aromatic carbocycles. The minimum Gasteiger partial charge on any atom is -0.493 e. The Morgan fingerprint density at radius 1 is 1.15 bits per heavy atom. The molecule has 0 fully saturated rings. The number of hydrogen-bond acceptors (Lipinski definition) is 6. The molecule has 0 radical (unpaired) electrons. The molecule has 1 heterocycles. The molecule has 0 bridgehead atoms. The van der Waals surface area contributed by atoms with Crippen molar-refractivity contribution in [1.82, 2.24) is 15.5 Å². The lowest BCUT2D eigenvalue weighted by molar-refractivity contribution is 0.0946. The van der Waals surface area contributed by atoms with Crippen molar-refractivity contribution in [1.29, 1.82) is 0 Å². The Morgan fingerprint density at radius 2 is 1.96 bits per heavy atom. The molecule has 1 N–H and O–H groups in total. The van der Waals surface area contributed by atoms with Gasteiger partial charge in [-0.15, -0.1) is 0 Å². The standard InChI is InChI=1S/C18H16ClN3O4/c1-24-14-7-6-11(9-15(14)25-2)17-21-16(26-22-17)10-20-18(23)12-4-3-5-13(19)8-12/h3-9H,10H2,1-2H3,(H,20,23). The van der Waals surface area contributed by atoms with Crippen molar-refractivity contribution in [3.63, 3.8) is 0 Å². The summed E-state index contributed by atoms with van der Waals surface area (Å²) in [5.74, 6) is 1.56. The van der Waals surface area contributed by atoms with E-state index in [0.717, 1.165) is 0 Å². The average Bonchev–Trinajstić information content (AvgIpc) is 3.14. The molecule has 1 aromatic heterocycles. The Labute approximate surface area is 154 Å². The Kier molecular flexibility index (Phi) is 5.38. The Morgan fingerprint density at radius 3 is 2.69 bits per heavy atom. The van der Waals surface area contributed by atoms with E-state index in [1.165, 1.54) is 0 Å². The number of carbonyl (C=O) groups is 1. The monoisotopic (exact) mass is 373 g/mol. The Balaban J connectivity index is 1.69. The first-order chi connectivity index (χ1) is 12.6. The van der Waals surface area contributed by atoms with Gasteiger partial charge in [0.15, 0.2) is 11.5 Å². The summed E-state index contributed by atoms with van der Waals surface area (Å²) in [4.78, 5) is 16.4. The number of amides is 1. The predicted octanol–water partition coefficient (Wildman–Crippen LogP) is 3.34. The maximum atomic E-state index is 12.1. The van der Waals surface area contributed by atoms with E-state index in [-0.39, 0.29) is 18.3 Å². The lowest BCUT2D eigenvalue weighted by atomic mass is 10.2. The largest absolute Gasteiger partial charge is 0.493 e. The highest BCUT2D eigenvalue weighted by molar-refractivity contribution is 6.30. The topological polar surface area (TPSA) is 86.5 Å². The zero-order chi connectivity index (χ0) is 18.5. The molecular formula is C18H16ClN3O4. The van der Waals surface area contributed by atoms with E-state index in [4.69, 9.17) is 25.6 Å². The summed E-state index contributed by atoms with van der Waals surface area (Å²) in [7, 11) is 3.11. The van der Waals surface area contributed by atoms with Crippen LogP contribution < -0.4 is 14.8 Å². The third kappa shape index (κ3) is 3.94. The van der Waals surface area contributed by atoms with Gasteiger partial charge in [-0.3, -0.25) is 4.79 Å². The van der Waals surface area contributed by atoms with Crippen LogP contribution in [0.5, 0.6) is 11.5 Å². The highest BCUT2D eigenvalue weighted by atomic mass is 35.5. The van der Waals surface area contributed by atoms with Crippen LogP contribution >= 0.6 is 11.6 Å². The first kappa shape index (κ1) is 17.8. The van der Waals surface area contributed by atoms with Crippen molar-refractivity contribution in [2.75, 3.05) is 14.2 Å². The van der Waals surface area contributed by atoms with Crippen LogP contribution in [0, 0.1) is 0 Å². The van der Waals surface area contributed by atoms with Gasteiger partial charge in [-0.05, 0) is 36.4 Å². The van der Waals surface area contributed by atoms with Crippen molar-refractivity contribution >= 4 is 17.5 Å². The maximum absolute atomic E-state index is 12.1. The minimum atomic E-state index is -0.279. The van der Waals surface area contributed by atoms with E-state index in [2.05, 4.69) is 15.5 Å². The number of nitrogens with one attached hydrogen (secondary N) is 1. The van der Waals surface area contributed by atoms with Crippen molar-refractivity contribution in [3.8, 4) is 22.9 Å². The molecule has 0 unspecified atom stereocenters. The first-order valence-electron chi connectivity index (χ1n) is 7.69. The third-order valence-electron chi connectivity index (χ3n) is 3.60. The number of rotatable bonds is 6. The molecule has 0 saturated carbocycles. The van der Waals surface area contributed by atoms with Gasteiger partial charge in [-0.25, -0.2) is 0 Å². The molecule has 0 aliphatic rings. The number of aromatic nitrogens is 2. The van der Waals surface area contributed by atoms with Crippen LogP contribution in [0.3, 0.4) is 0 Å². The summed E-state index contributed by atoms with van der Waals surface area (Å²) in [6.07, 6.45) is 0. The van der Waals surface area contributed by atoms with Gasteiger partial charge in [-0.1, -0.05) is 22.8 Å². The number of hydrogen-bond donors (Lipinski definition) is 1. The maximum Gasteiger partial charge on any atom is 0.251 e. The fourth-order valence-corrected chi connectivity index (χ4v) is 2.50. The molecule has 0 spiro atoms. The second-order valence-electron chi connectivity index (χ2n) is 5.27. The van der Waals surface area contributed by atoms with Crippen LogP contribution in [0.1, 0.15) is 16.2 Å². The van der Waals surface area contributed by atoms with Gasteiger partial charge < -0.3 is 19.3 Å². The number of nitrogens with zero attached hydrogens (tertiary/aromatic N) is 2. The Hall–Kier alpha value is -3.06. The quantitative estimate of drug-likeness (QED) is 0.713. The van der Waals surface area contributed by atoms with Crippen LogP contribution in [-0.2, 0) is 6.54 Å². The molecule has 0 aliphatic heterocycles. The number of methoxy groups -OCH3 is 2. The summed E-state index contributed by atoms with van der Waals surface area (Å²) in [5, 5.41) is 7.13. The van der Waals surface area contributed by atoms with Crippen LogP contribution in [0.4, 0.5) is 0 Å². The van der Waals surface area contributed by atoms with E-state index in [0.29, 0.717) is 33.5 Å². The first-order valence-corrected chi connectivity index (χ1v) is 8.07. The smallest absolute Gasteiger partial charge is 0.251 e. The van der Waals surface area contributed by atoms with E-state index < -0.39 is 0 Å². The van der Waals surface area contributed by atoms with Gasteiger partial charge in [0.05, 0.1) is 20.8 Å². The van der Waals surface area contributed by atoms with Gasteiger partial charge in [0.1, 0.15) is 0 Å². The lowest BCUT2D eigenvalue weighted by Crippen LogP contribution is -2.22. The average molecular weight is 374 g/mol. The fraction of sp³-hybridized carbons (Fsp3) is 0.167. The second-order valence-corrected chi connectivity index (χ2v) is 5.71. The van der Waals surface area contributed by atoms with Crippen molar-refractivity contribution in [2.45, 2.75) is 6.54 Å². The van der Waals surface area contributed by atoms with Crippen LogP contribution in [-0.4, -0.2) is 30.3 Å². The van der Waals surface area contributed by atoms with E-state index in [1.807, 2.05) is 0 Å². The molecule has 1 amide bonds. The fourth-order valence-electron chi connectivity index (χ4n) is 2.31. The van der Waals surface area contributed by atoms with Gasteiger partial charge in [0.25, 0.3) is 5.91 Å². The SMILES string of the molecule is COc1ccc(-c2noc(CNC(=O)c3cccc(Cl)c3)n2)cc1OC. The van der Waals surface area contributed by atoms with Gasteiger partial charge in [0.2, 0.25) is 11.7 Å².